The summed E-state index contributed by atoms with van der Waals surface area (Å²) in [6.07, 6.45) is 0.0978. The van der Waals surface area contributed by atoms with Crippen LogP contribution < -0.4 is 15.2 Å². The van der Waals surface area contributed by atoms with Crippen LogP contribution in [0.4, 0.5) is 5.82 Å². The molecule has 1 aliphatic heterocycles. The number of nitrogens with two attached hydrogens (primary N) is 1. The van der Waals surface area contributed by atoms with Crippen molar-refractivity contribution < 1.29 is 18.7 Å². The van der Waals surface area contributed by atoms with Gasteiger partial charge in [-0.05, 0) is 18.2 Å². The SMILES string of the molecule is COc1cc(-c2cc(N)no2)ccc1OC1COC1. The summed E-state index contributed by atoms with van der Waals surface area (Å²) < 4.78 is 21.3. The highest BCUT2D eigenvalue weighted by molar-refractivity contribution is 5.64. The predicted molar refractivity (Wildman–Crippen MR) is 68.1 cm³/mol. The van der Waals surface area contributed by atoms with E-state index in [0.29, 0.717) is 36.3 Å². The largest absolute Gasteiger partial charge is 0.493 e. The predicted octanol–water partition coefficient (Wildman–Crippen LogP) is 1.71. The number of rotatable bonds is 4. The van der Waals surface area contributed by atoms with E-state index in [9.17, 15) is 0 Å². The first-order valence-corrected chi connectivity index (χ1v) is 5.91. The lowest BCUT2D eigenvalue weighted by atomic mass is 10.1. The van der Waals surface area contributed by atoms with E-state index >= 15 is 0 Å². The molecule has 1 aliphatic rings. The van der Waals surface area contributed by atoms with Gasteiger partial charge in [0.25, 0.3) is 0 Å². The number of nitrogens with zero attached hydrogens (tertiary/aromatic N) is 1. The van der Waals surface area contributed by atoms with Gasteiger partial charge in [0.15, 0.2) is 23.1 Å². The Balaban J connectivity index is 1.87. The third-order valence-electron chi connectivity index (χ3n) is 2.88. The lowest BCUT2D eigenvalue weighted by molar-refractivity contribution is -0.0803. The van der Waals surface area contributed by atoms with Gasteiger partial charge in [0, 0.05) is 11.6 Å². The van der Waals surface area contributed by atoms with Crippen LogP contribution in [0, 0.1) is 0 Å². The van der Waals surface area contributed by atoms with Crippen molar-refractivity contribution in [2.24, 2.45) is 0 Å². The minimum atomic E-state index is 0.0978. The van der Waals surface area contributed by atoms with Crippen LogP contribution in [0.1, 0.15) is 0 Å². The topological polar surface area (TPSA) is 79.7 Å². The van der Waals surface area contributed by atoms with Gasteiger partial charge in [-0.15, -0.1) is 0 Å². The Labute approximate surface area is 110 Å². The Bertz CT molecular complexity index is 578. The van der Waals surface area contributed by atoms with Crippen LogP contribution in [0.25, 0.3) is 11.3 Å². The van der Waals surface area contributed by atoms with Gasteiger partial charge >= 0.3 is 0 Å². The average Bonchev–Trinajstić information content (AvgIpc) is 2.80. The maximum Gasteiger partial charge on any atom is 0.169 e. The number of benzene rings is 1. The van der Waals surface area contributed by atoms with E-state index in [1.807, 2.05) is 18.2 Å². The molecule has 100 valence electrons. The van der Waals surface area contributed by atoms with Crippen molar-refractivity contribution in [2.75, 3.05) is 26.1 Å². The molecule has 1 aromatic heterocycles. The minimum absolute atomic E-state index is 0.0978. The Morgan fingerprint density at radius 1 is 1.26 bits per heavy atom. The summed E-state index contributed by atoms with van der Waals surface area (Å²) >= 11 is 0. The number of aromatic nitrogens is 1. The molecule has 0 saturated carbocycles. The van der Waals surface area contributed by atoms with Crippen molar-refractivity contribution in [3.8, 4) is 22.8 Å². The zero-order valence-corrected chi connectivity index (χ0v) is 10.5. The number of nitrogen functional groups attached to an aromatic ring is 1. The Morgan fingerprint density at radius 2 is 2.11 bits per heavy atom. The van der Waals surface area contributed by atoms with Crippen LogP contribution >= 0.6 is 0 Å². The normalized spacial score (nSPS) is 15.0. The van der Waals surface area contributed by atoms with Gasteiger partial charge in [-0.25, -0.2) is 0 Å². The molecule has 6 heteroatoms. The van der Waals surface area contributed by atoms with E-state index in [2.05, 4.69) is 5.16 Å². The second-order valence-corrected chi connectivity index (χ2v) is 4.26. The van der Waals surface area contributed by atoms with Gasteiger partial charge in [0.2, 0.25) is 0 Å². The second kappa shape index (κ2) is 4.81. The van der Waals surface area contributed by atoms with Crippen LogP contribution in [0.5, 0.6) is 11.5 Å². The summed E-state index contributed by atoms with van der Waals surface area (Å²) in [5, 5.41) is 3.66. The summed E-state index contributed by atoms with van der Waals surface area (Å²) in [5.41, 5.74) is 6.36. The van der Waals surface area contributed by atoms with Gasteiger partial charge in [-0.3, -0.25) is 0 Å². The summed E-state index contributed by atoms with van der Waals surface area (Å²) in [6, 6.07) is 7.20. The van der Waals surface area contributed by atoms with Crippen molar-refractivity contribution in [3.05, 3.63) is 24.3 Å². The van der Waals surface area contributed by atoms with Crippen molar-refractivity contribution in [1.82, 2.24) is 5.16 Å². The maximum atomic E-state index is 5.75. The number of methoxy groups -OCH3 is 1. The van der Waals surface area contributed by atoms with E-state index in [-0.39, 0.29) is 6.10 Å². The summed E-state index contributed by atoms with van der Waals surface area (Å²) in [4.78, 5) is 0. The molecule has 0 bridgehead atoms. The van der Waals surface area contributed by atoms with Crippen molar-refractivity contribution in [2.45, 2.75) is 6.10 Å². The monoisotopic (exact) mass is 262 g/mol. The van der Waals surface area contributed by atoms with Gasteiger partial charge in [0.1, 0.15) is 6.10 Å². The third kappa shape index (κ3) is 2.34. The fourth-order valence-corrected chi connectivity index (χ4v) is 1.80. The first-order chi connectivity index (χ1) is 9.26. The molecular formula is C13H14N2O4. The molecular weight excluding hydrogens is 248 g/mol. The molecule has 0 amide bonds. The first kappa shape index (κ1) is 11.9. The van der Waals surface area contributed by atoms with E-state index in [1.165, 1.54) is 0 Å². The lowest BCUT2D eigenvalue weighted by Crippen LogP contribution is -2.38. The number of hydrogen-bond donors (Lipinski definition) is 1. The van der Waals surface area contributed by atoms with Crippen LogP contribution in [0.2, 0.25) is 0 Å². The maximum absolute atomic E-state index is 5.75. The molecule has 1 saturated heterocycles. The summed E-state index contributed by atoms with van der Waals surface area (Å²) in [5.74, 6) is 2.27. The van der Waals surface area contributed by atoms with Crippen LogP contribution in [0.3, 0.4) is 0 Å². The van der Waals surface area contributed by atoms with Gasteiger partial charge in [-0.1, -0.05) is 5.16 Å². The molecule has 1 fully saturated rings. The van der Waals surface area contributed by atoms with E-state index < -0.39 is 0 Å². The Morgan fingerprint density at radius 3 is 2.68 bits per heavy atom. The van der Waals surface area contributed by atoms with E-state index in [0.717, 1.165) is 5.56 Å². The lowest BCUT2D eigenvalue weighted by Gasteiger charge is -2.27. The number of anilines is 1. The molecule has 6 nitrogen and oxygen atoms in total. The van der Waals surface area contributed by atoms with Crippen LogP contribution in [0.15, 0.2) is 28.8 Å². The number of hydrogen-bond acceptors (Lipinski definition) is 6. The highest BCUT2D eigenvalue weighted by Crippen LogP contribution is 2.34. The molecule has 0 spiro atoms. The highest BCUT2D eigenvalue weighted by atomic mass is 16.6. The van der Waals surface area contributed by atoms with Crippen LogP contribution in [-0.2, 0) is 4.74 Å². The highest BCUT2D eigenvalue weighted by Gasteiger charge is 2.22. The Kier molecular flexibility index (Phi) is 3.00. The molecule has 0 unspecified atom stereocenters. The second-order valence-electron chi connectivity index (χ2n) is 4.26. The molecule has 3 rings (SSSR count). The number of ether oxygens (including phenoxy) is 3. The van der Waals surface area contributed by atoms with E-state index in [4.69, 9.17) is 24.5 Å². The minimum Gasteiger partial charge on any atom is -0.493 e. The molecule has 19 heavy (non-hydrogen) atoms. The zero-order chi connectivity index (χ0) is 13.2. The third-order valence-corrected chi connectivity index (χ3v) is 2.88. The first-order valence-electron chi connectivity index (χ1n) is 5.91. The van der Waals surface area contributed by atoms with Gasteiger partial charge in [-0.2, -0.15) is 0 Å². The molecule has 0 atom stereocenters. The Hall–Kier alpha value is -2.21. The molecule has 2 N–H and O–H groups in total. The van der Waals surface area contributed by atoms with Crippen molar-refractivity contribution >= 4 is 5.82 Å². The zero-order valence-electron chi connectivity index (χ0n) is 10.5. The smallest absolute Gasteiger partial charge is 0.169 e. The van der Waals surface area contributed by atoms with E-state index in [1.54, 1.807) is 13.2 Å². The fourth-order valence-electron chi connectivity index (χ4n) is 1.80. The van der Waals surface area contributed by atoms with Crippen molar-refractivity contribution in [1.29, 1.82) is 0 Å². The summed E-state index contributed by atoms with van der Waals surface area (Å²) in [6.45, 7) is 1.23. The molecule has 0 radical (unpaired) electrons. The average molecular weight is 262 g/mol. The van der Waals surface area contributed by atoms with Crippen molar-refractivity contribution in [3.63, 3.8) is 0 Å². The van der Waals surface area contributed by atoms with Gasteiger partial charge in [0.05, 0.1) is 20.3 Å². The summed E-state index contributed by atoms with van der Waals surface area (Å²) in [7, 11) is 1.60. The van der Waals surface area contributed by atoms with Crippen LogP contribution in [-0.4, -0.2) is 31.6 Å². The standard InChI is InChI=1S/C13H14N2O4/c1-16-12-4-8(11-5-13(14)15-19-11)2-3-10(12)18-9-6-17-7-9/h2-5,9H,6-7H2,1H3,(H2,14,15). The quantitative estimate of drug-likeness (QED) is 0.903. The molecule has 0 aliphatic carbocycles. The van der Waals surface area contributed by atoms with Gasteiger partial charge < -0.3 is 24.5 Å². The molecule has 2 heterocycles. The fraction of sp³-hybridized carbons (Fsp3) is 0.308. The molecule has 2 aromatic rings. The molecule has 1 aromatic carbocycles.